The second-order valence-electron chi connectivity index (χ2n) is 2.98. The van der Waals surface area contributed by atoms with E-state index in [0.29, 0.717) is 21.8 Å². The average molecular weight is 338 g/mol. The molecule has 0 heterocycles. The van der Waals surface area contributed by atoms with Crippen LogP contribution < -0.4 is 0 Å². The molecule has 0 fully saturated rings. The molecule has 1 aromatic rings. The van der Waals surface area contributed by atoms with Crippen molar-refractivity contribution in [2.75, 3.05) is 7.11 Å². The van der Waals surface area contributed by atoms with E-state index in [0.717, 1.165) is 5.56 Å². The quantitative estimate of drug-likeness (QED) is 0.862. The Kier molecular flexibility index (Phi) is 4.60. The van der Waals surface area contributed by atoms with Crippen molar-refractivity contribution >= 4 is 37.8 Å². The number of aryl methyl sites for hydroxylation is 1. The lowest BCUT2D eigenvalue weighted by Gasteiger charge is -2.05. The molecule has 0 spiro atoms. The summed E-state index contributed by atoms with van der Waals surface area (Å²) < 4.78 is 5.76. The van der Waals surface area contributed by atoms with Crippen molar-refractivity contribution in [2.24, 2.45) is 0 Å². The molecule has 0 amide bonds. The highest BCUT2D eigenvalue weighted by Gasteiger charge is 2.07. The van der Waals surface area contributed by atoms with Gasteiger partial charge in [0.25, 0.3) is 0 Å². The Hall–Kier alpha value is -0.550. The summed E-state index contributed by atoms with van der Waals surface area (Å²) in [7, 11) is 1.37. The molecule has 1 rings (SSSR count). The van der Waals surface area contributed by atoms with Crippen molar-refractivity contribution in [1.29, 1.82) is 0 Å². The molecule has 3 nitrogen and oxygen atoms in total. The van der Waals surface area contributed by atoms with Gasteiger partial charge < -0.3 is 9.84 Å². The van der Waals surface area contributed by atoms with Gasteiger partial charge in [-0.15, -0.1) is 0 Å². The fourth-order valence-corrected chi connectivity index (χ4v) is 2.39. The lowest BCUT2D eigenvalue weighted by Crippen LogP contribution is -2.01. The molecule has 0 atom stereocenters. The third kappa shape index (κ3) is 3.50. The van der Waals surface area contributed by atoms with Crippen LogP contribution in [-0.2, 0) is 16.0 Å². The fourth-order valence-electron chi connectivity index (χ4n) is 1.11. The number of methoxy groups -OCH3 is 1. The van der Waals surface area contributed by atoms with Crippen LogP contribution in [0.5, 0.6) is 5.75 Å². The zero-order chi connectivity index (χ0) is 11.4. The Morgan fingerprint density at radius 1 is 1.40 bits per heavy atom. The number of carbonyl (C=O) groups excluding carboxylic acids is 1. The standard InChI is InChI=1S/C10H10Br2O3/c1-15-9(13)3-2-6-4-7(11)10(14)8(12)5-6/h4-5,14H,2-3H2,1H3. The minimum Gasteiger partial charge on any atom is -0.506 e. The zero-order valence-electron chi connectivity index (χ0n) is 8.09. The first-order valence-corrected chi connectivity index (χ1v) is 5.87. The van der Waals surface area contributed by atoms with Gasteiger partial charge in [-0.05, 0) is 56.0 Å². The van der Waals surface area contributed by atoms with Crippen LogP contribution in [0.25, 0.3) is 0 Å². The summed E-state index contributed by atoms with van der Waals surface area (Å²) in [6, 6.07) is 3.56. The van der Waals surface area contributed by atoms with Crippen molar-refractivity contribution < 1.29 is 14.6 Å². The maximum Gasteiger partial charge on any atom is 0.305 e. The first kappa shape index (κ1) is 12.5. The number of phenols is 1. The molecule has 0 bridgehead atoms. The lowest BCUT2D eigenvalue weighted by atomic mass is 10.1. The number of esters is 1. The predicted octanol–water partition coefficient (Wildman–Crippen LogP) is 3.02. The van der Waals surface area contributed by atoms with E-state index in [2.05, 4.69) is 36.6 Å². The molecular formula is C10H10Br2O3. The van der Waals surface area contributed by atoms with Gasteiger partial charge in [-0.3, -0.25) is 4.79 Å². The molecule has 1 N–H and O–H groups in total. The summed E-state index contributed by atoms with van der Waals surface area (Å²) in [4.78, 5) is 10.9. The van der Waals surface area contributed by atoms with Crippen LogP contribution in [0, 0.1) is 0 Å². The molecule has 0 unspecified atom stereocenters. The molecule has 1 aromatic carbocycles. The molecule has 15 heavy (non-hydrogen) atoms. The summed E-state index contributed by atoms with van der Waals surface area (Å²) >= 11 is 6.45. The molecule has 0 saturated carbocycles. The third-order valence-electron chi connectivity index (χ3n) is 1.92. The van der Waals surface area contributed by atoms with Crippen LogP contribution in [0.3, 0.4) is 0 Å². The Balaban J connectivity index is 2.75. The summed E-state index contributed by atoms with van der Waals surface area (Å²) in [5, 5.41) is 9.47. The number of ether oxygens (including phenoxy) is 1. The van der Waals surface area contributed by atoms with E-state index in [-0.39, 0.29) is 11.7 Å². The number of hydrogen-bond acceptors (Lipinski definition) is 3. The second-order valence-corrected chi connectivity index (χ2v) is 4.69. The number of carbonyl (C=O) groups is 1. The molecule has 0 aliphatic rings. The van der Waals surface area contributed by atoms with E-state index in [1.165, 1.54) is 7.11 Å². The first-order chi connectivity index (χ1) is 7.04. The minimum absolute atomic E-state index is 0.164. The summed E-state index contributed by atoms with van der Waals surface area (Å²) in [5.41, 5.74) is 0.956. The molecular weight excluding hydrogens is 328 g/mol. The van der Waals surface area contributed by atoms with Crippen molar-refractivity contribution in [3.05, 3.63) is 26.6 Å². The van der Waals surface area contributed by atoms with Crippen molar-refractivity contribution in [2.45, 2.75) is 12.8 Å². The number of hydrogen-bond donors (Lipinski definition) is 1. The molecule has 0 aliphatic heterocycles. The van der Waals surface area contributed by atoms with Gasteiger partial charge in [0.1, 0.15) is 5.75 Å². The van der Waals surface area contributed by atoms with Gasteiger partial charge in [-0.25, -0.2) is 0 Å². The van der Waals surface area contributed by atoms with E-state index in [4.69, 9.17) is 0 Å². The van der Waals surface area contributed by atoms with E-state index < -0.39 is 0 Å². The second kappa shape index (κ2) is 5.51. The highest BCUT2D eigenvalue weighted by Crippen LogP contribution is 2.33. The largest absolute Gasteiger partial charge is 0.506 e. The molecule has 0 radical (unpaired) electrons. The van der Waals surface area contributed by atoms with E-state index in [9.17, 15) is 9.90 Å². The number of benzene rings is 1. The topological polar surface area (TPSA) is 46.5 Å². The maximum absolute atomic E-state index is 10.9. The average Bonchev–Trinajstić information content (AvgIpc) is 2.22. The van der Waals surface area contributed by atoms with Gasteiger partial charge in [0.05, 0.1) is 16.1 Å². The normalized spacial score (nSPS) is 10.1. The minimum atomic E-state index is -0.240. The Labute approximate surface area is 105 Å². The van der Waals surface area contributed by atoms with Gasteiger partial charge in [0.15, 0.2) is 0 Å². The van der Waals surface area contributed by atoms with Crippen molar-refractivity contribution in [3.8, 4) is 5.75 Å². The van der Waals surface area contributed by atoms with Gasteiger partial charge in [-0.1, -0.05) is 0 Å². The van der Waals surface area contributed by atoms with Crippen molar-refractivity contribution in [1.82, 2.24) is 0 Å². The van der Waals surface area contributed by atoms with Gasteiger partial charge in [0.2, 0.25) is 0 Å². The third-order valence-corrected chi connectivity index (χ3v) is 3.13. The summed E-state index contributed by atoms with van der Waals surface area (Å²) in [6.07, 6.45) is 0.921. The molecule has 5 heteroatoms. The Morgan fingerprint density at radius 3 is 2.40 bits per heavy atom. The monoisotopic (exact) mass is 336 g/mol. The molecule has 0 saturated heterocycles. The van der Waals surface area contributed by atoms with Crippen LogP contribution in [-0.4, -0.2) is 18.2 Å². The van der Waals surface area contributed by atoms with Gasteiger partial charge in [0, 0.05) is 6.42 Å². The highest BCUT2D eigenvalue weighted by atomic mass is 79.9. The van der Waals surface area contributed by atoms with Gasteiger partial charge >= 0.3 is 5.97 Å². The smallest absolute Gasteiger partial charge is 0.305 e. The lowest BCUT2D eigenvalue weighted by molar-refractivity contribution is -0.140. The molecule has 0 aromatic heterocycles. The number of halogens is 2. The summed E-state index contributed by atoms with van der Waals surface area (Å²) in [5.74, 6) is -0.0767. The Bertz CT molecular complexity index is 354. The fraction of sp³-hybridized carbons (Fsp3) is 0.300. The van der Waals surface area contributed by atoms with Crippen LogP contribution in [0.15, 0.2) is 21.1 Å². The maximum atomic E-state index is 10.9. The summed E-state index contributed by atoms with van der Waals surface area (Å²) in [6.45, 7) is 0. The SMILES string of the molecule is COC(=O)CCc1cc(Br)c(O)c(Br)c1. The van der Waals surface area contributed by atoms with Crippen LogP contribution in [0.2, 0.25) is 0 Å². The Morgan fingerprint density at radius 2 is 1.93 bits per heavy atom. The molecule has 0 aliphatic carbocycles. The first-order valence-electron chi connectivity index (χ1n) is 4.28. The van der Waals surface area contributed by atoms with Gasteiger partial charge in [-0.2, -0.15) is 0 Å². The predicted molar refractivity (Wildman–Crippen MR) is 63.8 cm³/mol. The zero-order valence-corrected chi connectivity index (χ0v) is 11.3. The van der Waals surface area contributed by atoms with E-state index in [1.807, 2.05) is 0 Å². The van der Waals surface area contributed by atoms with E-state index in [1.54, 1.807) is 12.1 Å². The van der Waals surface area contributed by atoms with E-state index >= 15 is 0 Å². The van der Waals surface area contributed by atoms with Crippen LogP contribution >= 0.6 is 31.9 Å². The van der Waals surface area contributed by atoms with Crippen LogP contribution in [0.4, 0.5) is 0 Å². The number of phenolic OH excluding ortho intramolecular Hbond substituents is 1. The number of rotatable bonds is 3. The number of aromatic hydroxyl groups is 1. The van der Waals surface area contributed by atoms with Crippen molar-refractivity contribution in [3.63, 3.8) is 0 Å². The molecule has 82 valence electrons. The highest BCUT2D eigenvalue weighted by molar-refractivity contribution is 9.11. The van der Waals surface area contributed by atoms with Crippen LogP contribution in [0.1, 0.15) is 12.0 Å².